The highest BCUT2D eigenvalue weighted by Crippen LogP contribution is 2.14. The second kappa shape index (κ2) is 4.91. The van der Waals surface area contributed by atoms with Crippen LogP contribution in [0.2, 0.25) is 0 Å². The van der Waals surface area contributed by atoms with Crippen LogP contribution in [0.1, 0.15) is 25.3 Å². The van der Waals surface area contributed by atoms with Gasteiger partial charge < -0.3 is 0 Å². The highest BCUT2D eigenvalue weighted by molar-refractivity contribution is 6.04. The van der Waals surface area contributed by atoms with E-state index < -0.39 is 0 Å². The van der Waals surface area contributed by atoms with E-state index in [2.05, 4.69) is 5.10 Å². The maximum atomic E-state index is 11.6. The number of hydrogen-bond acceptors (Lipinski definition) is 3. The molecule has 0 fully saturated rings. The minimum Gasteiger partial charge on any atom is -0.298 e. The molecule has 0 atom stereocenters. The van der Waals surface area contributed by atoms with Crippen LogP contribution < -0.4 is 0 Å². The summed E-state index contributed by atoms with van der Waals surface area (Å²) >= 11 is 0. The van der Waals surface area contributed by atoms with E-state index in [1.165, 1.54) is 11.9 Å². The van der Waals surface area contributed by atoms with E-state index in [1.807, 2.05) is 30.3 Å². The average molecular weight is 230 g/mol. The number of benzene rings is 1. The van der Waals surface area contributed by atoms with Gasteiger partial charge in [0.1, 0.15) is 6.54 Å². The highest BCUT2D eigenvalue weighted by atomic mass is 16.2. The number of nitrogens with zero attached hydrogens (tertiary/aromatic N) is 2. The van der Waals surface area contributed by atoms with E-state index in [0.29, 0.717) is 12.8 Å². The topological polar surface area (TPSA) is 49.7 Å². The van der Waals surface area contributed by atoms with E-state index >= 15 is 0 Å². The van der Waals surface area contributed by atoms with E-state index in [9.17, 15) is 9.59 Å². The number of ketones is 1. The van der Waals surface area contributed by atoms with Crippen LogP contribution in [0.25, 0.3) is 0 Å². The van der Waals surface area contributed by atoms with Gasteiger partial charge in [-0.3, -0.25) is 9.59 Å². The molecule has 0 bridgehead atoms. The van der Waals surface area contributed by atoms with Gasteiger partial charge in [-0.2, -0.15) is 5.10 Å². The van der Waals surface area contributed by atoms with E-state index in [0.717, 1.165) is 11.3 Å². The fourth-order valence-corrected chi connectivity index (χ4v) is 1.77. The van der Waals surface area contributed by atoms with Crippen LogP contribution in [0.4, 0.5) is 0 Å². The quantitative estimate of drug-likeness (QED) is 0.792. The Kier molecular flexibility index (Phi) is 3.32. The van der Waals surface area contributed by atoms with Gasteiger partial charge in [0.15, 0.2) is 5.78 Å². The van der Waals surface area contributed by atoms with Crippen molar-refractivity contribution in [3.8, 4) is 0 Å². The van der Waals surface area contributed by atoms with Gasteiger partial charge in [0.2, 0.25) is 5.91 Å². The smallest absolute Gasteiger partial charge is 0.243 e. The Morgan fingerprint density at radius 1 is 1.29 bits per heavy atom. The van der Waals surface area contributed by atoms with Gasteiger partial charge in [-0.15, -0.1) is 0 Å². The normalized spacial score (nSPS) is 15.7. The zero-order valence-electron chi connectivity index (χ0n) is 9.72. The second-order valence-electron chi connectivity index (χ2n) is 4.07. The van der Waals surface area contributed by atoms with Gasteiger partial charge in [-0.05, 0) is 12.5 Å². The Morgan fingerprint density at radius 3 is 2.65 bits per heavy atom. The first-order valence-corrected chi connectivity index (χ1v) is 5.59. The standard InChI is InChI=1S/C13H14N2O2/c1-10(16)9-15-13(17)8-7-12(14-15)11-5-3-2-4-6-11/h2-6H,7-9H2,1H3. The number of hydrogen-bond donors (Lipinski definition) is 0. The summed E-state index contributed by atoms with van der Waals surface area (Å²) in [5.74, 6) is -0.142. The van der Waals surface area contributed by atoms with Crippen molar-refractivity contribution >= 4 is 17.4 Å². The number of amides is 1. The largest absolute Gasteiger partial charge is 0.298 e. The summed E-state index contributed by atoms with van der Waals surface area (Å²) < 4.78 is 0. The third kappa shape index (κ3) is 2.78. The molecule has 0 radical (unpaired) electrons. The minimum absolute atomic E-state index is 0.0589. The van der Waals surface area contributed by atoms with Gasteiger partial charge in [0.25, 0.3) is 0 Å². The average Bonchev–Trinajstić information content (AvgIpc) is 2.32. The zero-order chi connectivity index (χ0) is 12.3. The van der Waals surface area contributed by atoms with E-state index in [1.54, 1.807) is 0 Å². The molecule has 1 amide bonds. The Balaban J connectivity index is 2.24. The molecule has 1 aliphatic rings. The lowest BCUT2D eigenvalue weighted by Crippen LogP contribution is -2.35. The maximum Gasteiger partial charge on any atom is 0.243 e. The molecule has 88 valence electrons. The van der Waals surface area contributed by atoms with Gasteiger partial charge in [-0.1, -0.05) is 30.3 Å². The zero-order valence-corrected chi connectivity index (χ0v) is 9.72. The van der Waals surface area contributed by atoms with Gasteiger partial charge >= 0.3 is 0 Å². The third-order valence-electron chi connectivity index (χ3n) is 2.58. The van der Waals surface area contributed by atoms with Crippen LogP contribution in [-0.2, 0) is 9.59 Å². The first kappa shape index (κ1) is 11.5. The van der Waals surface area contributed by atoms with Crippen LogP contribution in [0.3, 0.4) is 0 Å². The summed E-state index contributed by atoms with van der Waals surface area (Å²) in [6.45, 7) is 1.52. The van der Waals surface area contributed by atoms with Crippen molar-refractivity contribution in [2.24, 2.45) is 5.10 Å². The summed E-state index contributed by atoms with van der Waals surface area (Å²) in [6, 6.07) is 9.72. The molecule has 0 spiro atoms. The van der Waals surface area contributed by atoms with Crippen molar-refractivity contribution in [3.63, 3.8) is 0 Å². The molecule has 4 heteroatoms. The molecule has 17 heavy (non-hydrogen) atoms. The van der Waals surface area contributed by atoms with Crippen molar-refractivity contribution in [1.82, 2.24) is 5.01 Å². The molecule has 1 heterocycles. The van der Waals surface area contributed by atoms with E-state index in [-0.39, 0.29) is 18.2 Å². The Hall–Kier alpha value is -1.97. The molecule has 0 N–H and O–H groups in total. The van der Waals surface area contributed by atoms with Crippen LogP contribution >= 0.6 is 0 Å². The molecule has 0 unspecified atom stereocenters. The molecule has 0 saturated carbocycles. The van der Waals surface area contributed by atoms with Crippen molar-refractivity contribution in [2.75, 3.05) is 6.54 Å². The fourth-order valence-electron chi connectivity index (χ4n) is 1.77. The predicted molar refractivity (Wildman–Crippen MR) is 64.6 cm³/mol. The summed E-state index contributed by atoms with van der Waals surface area (Å²) in [5, 5.41) is 5.52. The summed E-state index contributed by atoms with van der Waals surface area (Å²) in [6.07, 6.45) is 1.05. The molecule has 1 aliphatic heterocycles. The minimum atomic E-state index is -0.0834. The molecular weight excluding hydrogens is 216 g/mol. The Labute approximate surface area is 99.9 Å². The van der Waals surface area contributed by atoms with Gasteiger partial charge in [0, 0.05) is 12.8 Å². The number of rotatable bonds is 3. The van der Waals surface area contributed by atoms with Crippen LogP contribution in [0.15, 0.2) is 35.4 Å². The Bertz CT molecular complexity index is 466. The summed E-state index contributed by atoms with van der Waals surface area (Å²) in [4.78, 5) is 22.6. The summed E-state index contributed by atoms with van der Waals surface area (Å²) in [5.41, 5.74) is 1.88. The van der Waals surface area contributed by atoms with Crippen molar-refractivity contribution in [3.05, 3.63) is 35.9 Å². The molecule has 0 aromatic heterocycles. The van der Waals surface area contributed by atoms with Crippen molar-refractivity contribution in [1.29, 1.82) is 0 Å². The molecular formula is C13H14N2O2. The summed E-state index contributed by atoms with van der Waals surface area (Å²) in [7, 11) is 0. The monoisotopic (exact) mass is 230 g/mol. The first-order valence-electron chi connectivity index (χ1n) is 5.59. The lowest BCUT2D eigenvalue weighted by atomic mass is 10.0. The predicted octanol–water partition coefficient (Wildman–Crippen LogP) is 1.60. The number of hydrazone groups is 1. The van der Waals surface area contributed by atoms with Crippen molar-refractivity contribution in [2.45, 2.75) is 19.8 Å². The SMILES string of the molecule is CC(=O)CN1N=C(c2ccccc2)CCC1=O. The molecule has 4 nitrogen and oxygen atoms in total. The second-order valence-corrected chi connectivity index (χ2v) is 4.07. The number of carbonyl (C=O) groups excluding carboxylic acids is 2. The molecule has 1 aromatic carbocycles. The van der Waals surface area contributed by atoms with Crippen LogP contribution in [0.5, 0.6) is 0 Å². The molecule has 0 aliphatic carbocycles. The number of Topliss-reactive ketones (excluding diaryl/α,β-unsaturated/α-hetero) is 1. The lowest BCUT2D eigenvalue weighted by Gasteiger charge is -2.22. The van der Waals surface area contributed by atoms with Gasteiger partial charge in [-0.25, -0.2) is 5.01 Å². The first-order chi connectivity index (χ1) is 8.16. The Morgan fingerprint density at radius 2 is 2.00 bits per heavy atom. The molecule has 2 rings (SSSR count). The molecule has 1 aromatic rings. The van der Waals surface area contributed by atoms with Crippen molar-refractivity contribution < 1.29 is 9.59 Å². The maximum absolute atomic E-state index is 11.6. The third-order valence-corrected chi connectivity index (χ3v) is 2.58. The van der Waals surface area contributed by atoms with Gasteiger partial charge in [0.05, 0.1) is 5.71 Å². The van der Waals surface area contributed by atoms with Crippen LogP contribution in [-0.4, -0.2) is 29.0 Å². The lowest BCUT2D eigenvalue weighted by molar-refractivity contribution is -0.135. The number of carbonyl (C=O) groups is 2. The fraction of sp³-hybridized carbons (Fsp3) is 0.308. The van der Waals surface area contributed by atoms with E-state index in [4.69, 9.17) is 0 Å². The molecule has 0 saturated heterocycles. The highest BCUT2D eigenvalue weighted by Gasteiger charge is 2.21. The van der Waals surface area contributed by atoms with Crippen LogP contribution in [0, 0.1) is 0 Å².